The fourth-order valence-corrected chi connectivity index (χ4v) is 2.54. The minimum absolute atomic E-state index is 0.134. The van der Waals surface area contributed by atoms with Crippen molar-refractivity contribution in [3.63, 3.8) is 0 Å². The van der Waals surface area contributed by atoms with E-state index in [-0.39, 0.29) is 10.6 Å². The van der Waals surface area contributed by atoms with Crippen LogP contribution in [0.1, 0.15) is 16.1 Å². The molecule has 1 atom stereocenters. The molecule has 0 bridgehead atoms. The van der Waals surface area contributed by atoms with Crippen molar-refractivity contribution in [1.29, 1.82) is 0 Å². The Morgan fingerprint density at radius 2 is 2.06 bits per heavy atom. The number of halogens is 3. The first-order chi connectivity index (χ1) is 8.16. The highest BCUT2D eigenvalue weighted by Gasteiger charge is 2.11. The summed E-state index contributed by atoms with van der Waals surface area (Å²) in [5.74, 6) is -0.244. The maximum Gasteiger partial charge on any atom is 0.137 e. The quantitative estimate of drug-likeness (QED) is 0.727. The standard InChI is InChI=1S/C13H10Br2FN/c14-11(8-10-3-1-2-6-17-10)9-4-5-13(16)12(15)7-9/h1-7,11H,8H2. The molecule has 2 aromatic rings. The molecule has 4 heteroatoms. The van der Waals surface area contributed by atoms with E-state index in [9.17, 15) is 4.39 Å². The van der Waals surface area contributed by atoms with E-state index in [4.69, 9.17) is 0 Å². The molecule has 0 radical (unpaired) electrons. The zero-order valence-electron chi connectivity index (χ0n) is 8.91. The minimum atomic E-state index is -0.244. The Bertz CT molecular complexity index is 502. The zero-order chi connectivity index (χ0) is 12.3. The van der Waals surface area contributed by atoms with Crippen LogP contribution in [-0.2, 0) is 6.42 Å². The van der Waals surface area contributed by atoms with Gasteiger partial charge in [0.1, 0.15) is 5.82 Å². The molecule has 0 spiro atoms. The second kappa shape index (κ2) is 5.74. The monoisotopic (exact) mass is 357 g/mol. The van der Waals surface area contributed by atoms with E-state index in [0.29, 0.717) is 4.47 Å². The van der Waals surface area contributed by atoms with Crippen LogP contribution in [0.15, 0.2) is 47.1 Å². The molecule has 0 aliphatic carbocycles. The highest BCUT2D eigenvalue weighted by atomic mass is 79.9. The van der Waals surface area contributed by atoms with Crippen molar-refractivity contribution >= 4 is 31.9 Å². The Balaban J connectivity index is 2.14. The molecule has 0 amide bonds. The van der Waals surface area contributed by atoms with Crippen LogP contribution in [0.5, 0.6) is 0 Å². The van der Waals surface area contributed by atoms with Crippen LogP contribution in [0.4, 0.5) is 4.39 Å². The van der Waals surface area contributed by atoms with Crippen LogP contribution >= 0.6 is 31.9 Å². The molecule has 1 heterocycles. The maximum absolute atomic E-state index is 13.1. The molecule has 1 nitrogen and oxygen atoms in total. The first-order valence-electron chi connectivity index (χ1n) is 5.16. The summed E-state index contributed by atoms with van der Waals surface area (Å²) in [6.45, 7) is 0. The third kappa shape index (κ3) is 3.36. The Kier molecular flexibility index (Phi) is 4.29. The van der Waals surface area contributed by atoms with Gasteiger partial charge in [0.05, 0.1) is 4.47 Å². The van der Waals surface area contributed by atoms with E-state index in [1.165, 1.54) is 6.07 Å². The number of hydrogen-bond donors (Lipinski definition) is 0. The molecule has 2 rings (SSSR count). The molecule has 0 saturated carbocycles. The van der Waals surface area contributed by atoms with Crippen molar-refractivity contribution in [1.82, 2.24) is 4.98 Å². The molecule has 0 saturated heterocycles. The number of pyridine rings is 1. The predicted molar refractivity (Wildman–Crippen MR) is 73.7 cm³/mol. The average Bonchev–Trinajstić information content (AvgIpc) is 2.34. The van der Waals surface area contributed by atoms with E-state index in [1.54, 1.807) is 18.3 Å². The summed E-state index contributed by atoms with van der Waals surface area (Å²) in [7, 11) is 0. The number of rotatable bonds is 3. The average molecular weight is 359 g/mol. The lowest BCUT2D eigenvalue weighted by Gasteiger charge is -2.10. The Labute approximate surface area is 116 Å². The molecule has 0 aliphatic rings. The van der Waals surface area contributed by atoms with Crippen LogP contribution in [0.2, 0.25) is 0 Å². The van der Waals surface area contributed by atoms with E-state index < -0.39 is 0 Å². The van der Waals surface area contributed by atoms with Crippen LogP contribution < -0.4 is 0 Å². The Morgan fingerprint density at radius 3 is 2.71 bits per heavy atom. The molecule has 88 valence electrons. The summed E-state index contributed by atoms with van der Waals surface area (Å²) in [4.78, 5) is 4.40. The Hall–Kier alpha value is -0.740. The molecule has 0 aliphatic heterocycles. The van der Waals surface area contributed by atoms with Gasteiger partial charge in [-0.2, -0.15) is 0 Å². The van der Waals surface area contributed by atoms with Gasteiger partial charge in [-0.25, -0.2) is 4.39 Å². The summed E-state index contributed by atoms with van der Waals surface area (Å²) in [6.07, 6.45) is 2.55. The predicted octanol–water partition coefficient (Wildman–Crippen LogP) is 4.66. The smallest absolute Gasteiger partial charge is 0.137 e. The molecular weight excluding hydrogens is 349 g/mol. The molecule has 1 aromatic heterocycles. The van der Waals surface area contributed by atoms with Crippen LogP contribution in [0.3, 0.4) is 0 Å². The third-order valence-electron chi connectivity index (χ3n) is 2.42. The number of nitrogens with zero attached hydrogens (tertiary/aromatic N) is 1. The number of alkyl halides is 1. The molecule has 17 heavy (non-hydrogen) atoms. The maximum atomic E-state index is 13.1. The van der Waals surface area contributed by atoms with Gasteiger partial charge < -0.3 is 0 Å². The van der Waals surface area contributed by atoms with Crippen molar-refractivity contribution in [3.05, 3.63) is 64.1 Å². The van der Waals surface area contributed by atoms with Crippen LogP contribution in [0, 0.1) is 5.82 Å². The third-order valence-corrected chi connectivity index (χ3v) is 3.88. The van der Waals surface area contributed by atoms with Gasteiger partial charge in [-0.05, 0) is 45.8 Å². The van der Waals surface area contributed by atoms with Crippen molar-refractivity contribution in [2.45, 2.75) is 11.2 Å². The van der Waals surface area contributed by atoms with Gasteiger partial charge in [0.2, 0.25) is 0 Å². The first kappa shape index (κ1) is 12.7. The molecule has 1 unspecified atom stereocenters. The SMILES string of the molecule is Fc1ccc(C(Br)Cc2ccccn2)cc1Br. The van der Waals surface area contributed by atoms with Crippen molar-refractivity contribution in [2.75, 3.05) is 0 Å². The van der Waals surface area contributed by atoms with Gasteiger partial charge in [-0.15, -0.1) is 0 Å². The second-order valence-corrected chi connectivity index (χ2v) is 5.63. The lowest BCUT2D eigenvalue weighted by atomic mass is 10.1. The Morgan fingerprint density at radius 1 is 1.24 bits per heavy atom. The fraction of sp³-hybridized carbons (Fsp3) is 0.154. The topological polar surface area (TPSA) is 12.9 Å². The van der Waals surface area contributed by atoms with Crippen molar-refractivity contribution in [3.8, 4) is 0 Å². The molecular formula is C13H10Br2FN. The van der Waals surface area contributed by atoms with Crippen LogP contribution in [-0.4, -0.2) is 4.98 Å². The summed E-state index contributed by atoms with van der Waals surface area (Å²) in [5.41, 5.74) is 2.04. The molecule has 1 aromatic carbocycles. The number of benzene rings is 1. The second-order valence-electron chi connectivity index (χ2n) is 3.67. The van der Waals surface area contributed by atoms with E-state index in [0.717, 1.165) is 17.7 Å². The lowest BCUT2D eigenvalue weighted by Crippen LogP contribution is -1.97. The van der Waals surface area contributed by atoms with Crippen molar-refractivity contribution in [2.24, 2.45) is 0 Å². The van der Waals surface area contributed by atoms with Gasteiger partial charge in [-0.3, -0.25) is 4.98 Å². The summed E-state index contributed by atoms with van der Waals surface area (Å²) in [6, 6.07) is 10.9. The van der Waals surface area contributed by atoms with Gasteiger partial charge >= 0.3 is 0 Å². The lowest BCUT2D eigenvalue weighted by molar-refractivity contribution is 0.620. The van der Waals surface area contributed by atoms with Gasteiger partial charge in [0, 0.05) is 23.1 Å². The fourth-order valence-electron chi connectivity index (χ4n) is 1.53. The minimum Gasteiger partial charge on any atom is -0.261 e. The molecule has 0 N–H and O–H groups in total. The zero-order valence-corrected chi connectivity index (χ0v) is 12.1. The van der Waals surface area contributed by atoms with Gasteiger partial charge in [0.25, 0.3) is 0 Å². The van der Waals surface area contributed by atoms with E-state index >= 15 is 0 Å². The van der Waals surface area contributed by atoms with Crippen LogP contribution in [0.25, 0.3) is 0 Å². The number of hydrogen-bond acceptors (Lipinski definition) is 1. The first-order valence-corrected chi connectivity index (χ1v) is 6.86. The van der Waals surface area contributed by atoms with E-state index in [1.807, 2.05) is 18.2 Å². The summed E-state index contributed by atoms with van der Waals surface area (Å²) >= 11 is 6.79. The van der Waals surface area contributed by atoms with Crippen molar-refractivity contribution < 1.29 is 4.39 Å². The van der Waals surface area contributed by atoms with E-state index in [2.05, 4.69) is 36.8 Å². The summed E-state index contributed by atoms with van der Waals surface area (Å²) in [5, 5.41) is 0. The normalized spacial score (nSPS) is 12.4. The highest BCUT2D eigenvalue weighted by Crippen LogP contribution is 2.29. The summed E-state index contributed by atoms with van der Waals surface area (Å²) < 4.78 is 13.6. The largest absolute Gasteiger partial charge is 0.261 e. The number of aromatic nitrogens is 1. The molecule has 0 fully saturated rings. The highest BCUT2D eigenvalue weighted by molar-refractivity contribution is 9.10. The van der Waals surface area contributed by atoms with Gasteiger partial charge in [-0.1, -0.05) is 28.1 Å². The van der Waals surface area contributed by atoms with Gasteiger partial charge in [0.15, 0.2) is 0 Å².